The number of H-pyrrole nitrogens is 1. The number of aromatic amines is 1. The van der Waals surface area contributed by atoms with E-state index in [0.717, 1.165) is 33.0 Å². The van der Waals surface area contributed by atoms with Crippen LogP contribution in [-0.2, 0) is 6.54 Å². The van der Waals surface area contributed by atoms with E-state index in [1.165, 1.54) is 0 Å². The third-order valence-corrected chi connectivity index (χ3v) is 5.41. The Kier molecular flexibility index (Phi) is 4.54. The van der Waals surface area contributed by atoms with E-state index in [1.807, 2.05) is 13.8 Å². The molecule has 2 rings (SSSR count). The van der Waals surface area contributed by atoms with Gasteiger partial charge in [0.2, 0.25) is 0 Å². The second-order valence-electron chi connectivity index (χ2n) is 6.87. The van der Waals surface area contributed by atoms with Crippen molar-refractivity contribution in [3.05, 3.63) is 26.6 Å². The number of fused-ring (bicyclic) bond motifs is 1. The summed E-state index contributed by atoms with van der Waals surface area (Å²) in [5, 5.41) is 4.13. The van der Waals surface area contributed by atoms with E-state index in [-0.39, 0.29) is 11.0 Å². The van der Waals surface area contributed by atoms with E-state index in [4.69, 9.17) is 0 Å². The van der Waals surface area contributed by atoms with Crippen molar-refractivity contribution in [2.75, 3.05) is 6.54 Å². The molecule has 0 bridgehead atoms. The minimum Gasteiger partial charge on any atom is -0.310 e. The Labute approximate surface area is 130 Å². The molecule has 0 saturated carbocycles. The van der Waals surface area contributed by atoms with Crippen molar-refractivity contribution in [3.63, 3.8) is 0 Å². The van der Waals surface area contributed by atoms with E-state index in [1.54, 1.807) is 11.3 Å². The molecular formula is C16H25N3OS. The maximum Gasteiger partial charge on any atom is 0.259 e. The van der Waals surface area contributed by atoms with E-state index in [0.29, 0.717) is 12.5 Å². The molecule has 1 atom stereocenters. The third-order valence-electron chi connectivity index (χ3n) is 4.31. The molecule has 4 nitrogen and oxygen atoms in total. The highest BCUT2D eigenvalue weighted by atomic mass is 32.1. The van der Waals surface area contributed by atoms with Gasteiger partial charge >= 0.3 is 0 Å². The van der Waals surface area contributed by atoms with Gasteiger partial charge in [-0.15, -0.1) is 11.3 Å². The molecule has 0 amide bonds. The van der Waals surface area contributed by atoms with Crippen LogP contribution in [0.15, 0.2) is 4.79 Å². The lowest BCUT2D eigenvalue weighted by molar-refractivity contribution is 0.252. The van der Waals surface area contributed by atoms with Gasteiger partial charge < -0.3 is 10.3 Å². The molecule has 21 heavy (non-hydrogen) atoms. The fourth-order valence-electron chi connectivity index (χ4n) is 2.10. The van der Waals surface area contributed by atoms with Crippen LogP contribution in [0.25, 0.3) is 10.2 Å². The summed E-state index contributed by atoms with van der Waals surface area (Å²) >= 11 is 1.59. The molecule has 1 unspecified atom stereocenters. The monoisotopic (exact) mass is 307 g/mol. The summed E-state index contributed by atoms with van der Waals surface area (Å²) < 4.78 is 0. The van der Waals surface area contributed by atoms with E-state index >= 15 is 0 Å². The number of aromatic nitrogens is 2. The van der Waals surface area contributed by atoms with Crippen LogP contribution in [0.4, 0.5) is 0 Å². The van der Waals surface area contributed by atoms with Crippen molar-refractivity contribution < 1.29 is 0 Å². The predicted molar refractivity (Wildman–Crippen MR) is 90.0 cm³/mol. The minimum absolute atomic E-state index is 0.0254. The summed E-state index contributed by atoms with van der Waals surface area (Å²) in [6.07, 6.45) is 0. The first-order valence-electron chi connectivity index (χ1n) is 7.39. The van der Waals surface area contributed by atoms with Gasteiger partial charge in [0.25, 0.3) is 5.56 Å². The van der Waals surface area contributed by atoms with Gasteiger partial charge in [-0.25, -0.2) is 4.98 Å². The summed E-state index contributed by atoms with van der Waals surface area (Å²) in [7, 11) is 0. The zero-order valence-corrected chi connectivity index (χ0v) is 14.6. The van der Waals surface area contributed by atoms with Crippen molar-refractivity contribution in [2.45, 2.75) is 48.1 Å². The molecular weight excluding hydrogens is 282 g/mol. The van der Waals surface area contributed by atoms with Gasteiger partial charge in [0.05, 0.1) is 11.9 Å². The molecule has 0 aromatic carbocycles. The van der Waals surface area contributed by atoms with Crippen molar-refractivity contribution in [2.24, 2.45) is 11.3 Å². The summed E-state index contributed by atoms with van der Waals surface area (Å²) in [6.45, 7) is 14.5. The SMILES string of the molecule is Cc1sc2nc(CNCC(C)C(C)(C)C)[nH]c(=O)c2c1C. The standard InChI is InChI=1S/C16H25N3OS/c1-9(16(4,5)6)7-17-8-12-18-14(20)13-10(2)11(3)21-15(13)19-12/h9,17H,7-8H2,1-6H3,(H,18,19,20). The Balaban J connectivity index is 2.12. The van der Waals surface area contributed by atoms with Gasteiger partial charge in [0.15, 0.2) is 0 Å². The number of hydrogen-bond acceptors (Lipinski definition) is 4. The second-order valence-corrected chi connectivity index (χ2v) is 8.08. The summed E-state index contributed by atoms with van der Waals surface area (Å²) in [5.74, 6) is 1.27. The van der Waals surface area contributed by atoms with Crippen LogP contribution < -0.4 is 10.9 Å². The lowest BCUT2D eigenvalue weighted by Gasteiger charge is -2.27. The molecule has 0 aliphatic carbocycles. The van der Waals surface area contributed by atoms with Crippen LogP contribution in [-0.4, -0.2) is 16.5 Å². The Bertz CT molecular complexity index is 694. The Hall–Kier alpha value is -1.20. The number of rotatable bonds is 4. The van der Waals surface area contributed by atoms with Crippen LogP contribution >= 0.6 is 11.3 Å². The van der Waals surface area contributed by atoms with Gasteiger partial charge in [-0.05, 0) is 37.3 Å². The van der Waals surface area contributed by atoms with Gasteiger partial charge in [-0.2, -0.15) is 0 Å². The molecule has 0 spiro atoms. The fraction of sp³-hybridized carbons (Fsp3) is 0.625. The molecule has 2 aromatic rings. The van der Waals surface area contributed by atoms with Crippen LogP contribution in [0.1, 0.15) is 44.0 Å². The lowest BCUT2D eigenvalue weighted by Crippen LogP contribution is -2.30. The topological polar surface area (TPSA) is 57.8 Å². The number of nitrogens with one attached hydrogen (secondary N) is 2. The third kappa shape index (κ3) is 3.52. The highest BCUT2D eigenvalue weighted by Crippen LogP contribution is 2.26. The smallest absolute Gasteiger partial charge is 0.259 e. The van der Waals surface area contributed by atoms with Crippen LogP contribution in [0.5, 0.6) is 0 Å². The zero-order chi connectivity index (χ0) is 15.8. The number of thiophene rings is 1. The minimum atomic E-state index is -0.0254. The van der Waals surface area contributed by atoms with E-state index in [2.05, 4.69) is 43.0 Å². The van der Waals surface area contributed by atoms with Crippen LogP contribution in [0.3, 0.4) is 0 Å². The highest BCUT2D eigenvalue weighted by Gasteiger charge is 2.19. The van der Waals surface area contributed by atoms with Crippen molar-refractivity contribution in [3.8, 4) is 0 Å². The summed E-state index contributed by atoms with van der Waals surface area (Å²) in [5.41, 5.74) is 1.30. The Morgan fingerprint density at radius 2 is 2.00 bits per heavy atom. The van der Waals surface area contributed by atoms with Gasteiger partial charge in [0, 0.05) is 4.88 Å². The number of hydrogen-bond donors (Lipinski definition) is 2. The zero-order valence-electron chi connectivity index (χ0n) is 13.8. The molecule has 0 saturated heterocycles. The average molecular weight is 307 g/mol. The van der Waals surface area contributed by atoms with Gasteiger partial charge in [0.1, 0.15) is 10.7 Å². The van der Waals surface area contributed by atoms with E-state index in [9.17, 15) is 4.79 Å². The maximum absolute atomic E-state index is 12.2. The second kappa shape index (κ2) is 5.89. The van der Waals surface area contributed by atoms with Gasteiger partial charge in [-0.3, -0.25) is 4.79 Å². The van der Waals surface area contributed by atoms with Crippen LogP contribution in [0, 0.1) is 25.2 Å². The molecule has 0 radical (unpaired) electrons. The Morgan fingerprint density at radius 1 is 1.33 bits per heavy atom. The first-order valence-corrected chi connectivity index (χ1v) is 8.21. The molecule has 116 valence electrons. The quantitative estimate of drug-likeness (QED) is 0.910. The normalized spacial score (nSPS) is 13.8. The van der Waals surface area contributed by atoms with Crippen molar-refractivity contribution in [1.29, 1.82) is 0 Å². The number of aryl methyl sites for hydroxylation is 2. The lowest BCUT2D eigenvalue weighted by atomic mass is 9.82. The molecule has 2 heterocycles. The first-order chi connectivity index (χ1) is 9.70. The Morgan fingerprint density at radius 3 is 2.62 bits per heavy atom. The van der Waals surface area contributed by atoms with Crippen LogP contribution in [0.2, 0.25) is 0 Å². The van der Waals surface area contributed by atoms with Crippen molar-refractivity contribution in [1.82, 2.24) is 15.3 Å². The summed E-state index contributed by atoms with van der Waals surface area (Å²) in [4.78, 5) is 21.6. The average Bonchev–Trinajstić information content (AvgIpc) is 2.64. The fourth-order valence-corrected chi connectivity index (χ4v) is 3.15. The molecule has 0 aliphatic heterocycles. The van der Waals surface area contributed by atoms with E-state index < -0.39 is 0 Å². The van der Waals surface area contributed by atoms with Crippen molar-refractivity contribution >= 4 is 21.6 Å². The first kappa shape index (κ1) is 16.2. The molecule has 5 heteroatoms. The highest BCUT2D eigenvalue weighted by molar-refractivity contribution is 7.18. The number of nitrogens with zero attached hydrogens (tertiary/aromatic N) is 1. The largest absolute Gasteiger partial charge is 0.310 e. The molecule has 2 N–H and O–H groups in total. The maximum atomic E-state index is 12.2. The summed E-state index contributed by atoms with van der Waals surface area (Å²) in [6, 6.07) is 0. The molecule has 0 aliphatic rings. The predicted octanol–water partition coefficient (Wildman–Crippen LogP) is 3.37. The molecule has 2 aromatic heterocycles. The molecule has 0 fully saturated rings. The van der Waals surface area contributed by atoms with Gasteiger partial charge in [-0.1, -0.05) is 27.7 Å².